The summed E-state index contributed by atoms with van der Waals surface area (Å²) >= 11 is 0. The molecule has 0 N–H and O–H groups in total. The Morgan fingerprint density at radius 3 is 2.65 bits per heavy atom. The van der Waals surface area contributed by atoms with Gasteiger partial charge < -0.3 is 9.64 Å². The molecule has 100 valence electrons. The fourth-order valence-electron chi connectivity index (χ4n) is 3.64. The summed E-state index contributed by atoms with van der Waals surface area (Å²) in [5.41, 5.74) is 8.22. The zero-order valence-corrected chi connectivity index (χ0v) is 12.0. The van der Waals surface area contributed by atoms with Crippen LogP contribution in [-0.2, 0) is 0 Å². The molecule has 1 unspecified atom stereocenters. The van der Waals surface area contributed by atoms with Crippen LogP contribution in [0.5, 0.6) is 5.75 Å². The van der Waals surface area contributed by atoms with Gasteiger partial charge in [-0.1, -0.05) is 24.3 Å². The van der Waals surface area contributed by atoms with Gasteiger partial charge in [-0.05, 0) is 47.4 Å². The van der Waals surface area contributed by atoms with Gasteiger partial charge in [-0.2, -0.15) is 0 Å². The molecule has 0 amide bonds. The van der Waals surface area contributed by atoms with E-state index in [0.717, 1.165) is 5.75 Å². The van der Waals surface area contributed by atoms with E-state index in [2.05, 4.69) is 55.3 Å². The lowest BCUT2D eigenvalue weighted by atomic mass is 10.0. The first-order valence-electron chi connectivity index (χ1n) is 6.93. The highest BCUT2D eigenvalue weighted by atomic mass is 16.5. The van der Waals surface area contributed by atoms with E-state index in [1.807, 2.05) is 6.07 Å². The van der Waals surface area contributed by atoms with Crippen molar-refractivity contribution in [2.75, 3.05) is 19.1 Å². The predicted octanol–water partition coefficient (Wildman–Crippen LogP) is 4.13. The van der Waals surface area contributed by atoms with Crippen LogP contribution in [0, 0.1) is 0 Å². The average Bonchev–Trinajstić information content (AvgIpc) is 2.95. The Balaban J connectivity index is 2.00. The first-order valence-corrected chi connectivity index (χ1v) is 6.93. The molecule has 0 aromatic heterocycles. The number of rotatable bonds is 1. The van der Waals surface area contributed by atoms with E-state index in [4.69, 9.17) is 4.74 Å². The number of methoxy groups -OCH3 is 1. The monoisotopic (exact) mass is 263 g/mol. The SMILES string of the molecule is COc1ccc2c(c1)C1=C(C)c3ccccc3C1N2C. The lowest BCUT2D eigenvalue weighted by Crippen LogP contribution is -2.17. The maximum Gasteiger partial charge on any atom is 0.119 e. The quantitative estimate of drug-likeness (QED) is 0.767. The van der Waals surface area contributed by atoms with Crippen molar-refractivity contribution >= 4 is 16.8 Å². The van der Waals surface area contributed by atoms with Gasteiger partial charge in [0.05, 0.1) is 13.2 Å². The number of anilines is 1. The summed E-state index contributed by atoms with van der Waals surface area (Å²) in [6.45, 7) is 2.23. The number of hydrogen-bond donors (Lipinski definition) is 0. The number of ether oxygens (including phenoxy) is 1. The zero-order chi connectivity index (χ0) is 13.9. The summed E-state index contributed by atoms with van der Waals surface area (Å²) in [5.74, 6) is 0.925. The largest absolute Gasteiger partial charge is 0.497 e. The molecule has 4 rings (SSSR count). The highest BCUT2D eigenvalue weighted by Gasteiger charge is 2.39. The van der Waals surface area contributed by atoms with E-state index >= 15 is 0 Å². The summed E-state index contributed by atoms with van der Waals surface area (Å²) in [6.07, 6.45) is 0. The second-order valence-corrected chi connectivity index (χ2v) is 5.52. The number of likely N-dealkylation sites (N-methyl/N-ethyl adjacent to an activating group) is 1. The average molecular weight is 263 g/mol. The standard InChI is InChI=1S/C18H17NO/c1-11-13-6-4-5-7-14(13)18-17(11)15-10-12(20-3)8-9-16(15)19(18)2/h4-10,18H,1-3H3. The predicted molar refractivity (Wildman–Crippen MR) is 83.1 cm³/mol. The van der Waals surface area contributed by atoms with Gasteiger partial charge in [0, 0.05) is 18.3 Å². The van der Waals surface area contributed by atoms with Crippen LogP contribution in [0.25, 0.3) is 11.1 Å². The molecule has 1 atom stereocenters. The lowest BCUT2D eigenvalue weighted by Gasteiger charge is -2.22. The van der Waals surface area contributed by atoms with Crippen LogP contribution in [0.3, 0.4) is 0 Å². The fraction of sp³-hybridized carbons (Fsp3) is 0.222. The van der Waals surface area contributed by atoms with Gasteiger partial charge in [0.25, 0.3) is 0 Å². The van der Waals surface area contributed by atoms with Gasteiger partial charge >= 0.3 is 0 Å². The minimum absolute atomic E-state index is 0.355. The molecule has 2 aliphatic rings. The molecule has 20 heavy (non-hydrogen) atoms. The summed E-state index contributed by atoms with van der Waals surface area (Å²) in [4.78, 5) is 2.37. The van der Waals surface area contributed by atoms with Crippen molar-refractivity contribution in [1.29, 1.82) is 0 Å². The molecular weight excluding hydrogens is 246 g/mol. The Hall–Kier alpha value is -2.22. The van der Waals surface area contributed by atoms with Gasteiger partial charge in [0.15, 0.2) is 0 Å². The fourth-order valence-corrected chi connectivity index (χ4v) is 3.64. The maximum atomic E-state index is 5.39. The highest BCUT2D eigenvalue weighted by Crippen LogP contribution is 2.56. The van der Waals surface area contributed by atoms with Crippen molar-refractivity contribution in [3.8, 4) is 5.75 Å². The summed E-state index contributed by atoms with van der Waals surface area (Å²) < 4.78 is 5.39. The third-order valence-corrected chi connectivity index (χ3v) is 4.60. The minimum Gasteiger partial charge on any atom is -0.497 e. The molecule has 0 radical (unpaired) electrons. The Bertz CT molecular complexity index is 745. The van der Waals surface area contributed by atoms with Gasteiger partial charge in [-0.15, -0.1) is 0 Å². The van der Waals surface area contributed by atoms with Crippen LogP contribution in [0.15, 0.2) is 42.5 Å². The normalized spacial score (nSPS) is 18.9. The van der Waals surface area contributed by atoms with Gasteiger partial charge in [0.2, 0.25) is 0 Å². The molecule has 1 aliphatic carbocycles. The number of fused-ring (bicyclic) bond motifs is 5. The molecule has 0 spiro atoms. The Kier molecular flexibility index (Phi) is 2.25. The van der Waals surface area contributed by atoms with E-state index in [1.165, 1.54) is 33.5 Å². The molecule has 2 nitrogen and oxygen atoms in total. The van der Waals surface area contributed by atoms with Gasteiger partial charge in [0.1, 0.15) is 5.75 Å². The Labute approximate surface area is 119 Å². The van der Waals surface area contributed by atoms with Crippen molar-refractivity contribution in [2.24, 2.45) is 0 Å². The molecule has 2 heteroatoms. The molecule has 2 aromatic rings. The van der Waals surface area contributed by atoms with Crippen molar-refractivity contribution in [3.05, 3.63) is 59.2 Å². The third-order valence-electron chi connectivity index (χ3n) is 4.60. The molecule has 0 fully saturated rings. The van der Waals surface area contributed by atoms with Crippen molar-refractivity contribution in [1.82, 2.24) is 0 Å². The van der Waals surface area contributed by atoms with E-state index in [-0.39, 0.29) is 0 Å². The first kappa shape index (κ1) is 11.6. The summed E-state index contributed by atoms with van der Waals surface area (Å²) in [5, 5.41) is 0. The summed E-state index contributed by atoms with van der Waals surface area (Å²) in [7, 11) is 3.90. The number of benzene rings is 2. The molecule has 0 saturated heterocycles. The zero-order valence-electron chi connectivity index (χ0n) is 12.0. The number of allylic oxidation sites excluding steroid dienone is 1. The van der Waals surface area contributed by atoms with Gasteiger partial charge in [-0.25, -0.2) is 0 Å². The Morgan fingerprint density at radius 1 is 1.05 bits per heavy atom. The van der Waals surface area contributed by atoms with Gasteiger partial charge in [-0.3, -0.25) is 0 Å². The van der Waals surface area contributed by atoms with Crippen molar-refractivity contribution in [2.45, 2.75) is 13.0 Å². The Morgan fingerprint density at radius 2 is 1.85 bits per heavy atom. The first-order chi connectivity index (χ1) is 9.72. The molecule has 0 bridgehead atoms. The maximum absolute atomic E-state index is 5.39. The van der Waals surface area contributed by atoms with E-state index in [0.29, 0.717) is 6.04 Å². The second kappa shape index (κ2) is 3.89. The third kappa shape index (κ3) is 1.29. The number of nitrogens with zero attached hydrogens (tertiary/aromatic N) is 1. The van der Waals surface area contributed by atoms with Crippen molar-refractivity contribution in [3.63, 3.8) is 0 Å². The smallest absolute Gasteiger partial charge is 0.119 e. The molecular formula is C18H17NO. The van der Waals surface area contributed by atoms with E-state index < -0.39 is 0 Å². The second-order valence-electron chi connectivity index (χ2n) is 5.52. The summed E-state index contributed by atoms with van der Waals surface area (Å²) in [6, 6.07) is 15.4. The van der Waals surface area contributed by atoms with Crippen LogP contribution in [0.1, 0.15) is 29.7 Å². The molecule has 2 aromatic carbocycles. The highest BCUT2D eigenvalue weighted by molar-refractivity contribution is 6.06. The molecule has 1 heterocycles. The van der Waals surface area contributed by atoms with Crippen molar-refractivity contribution < 1.29 is 4.74 Å². The van der Waals surface area contributed by atoms with Crippen LogP contribution in [0.4, 0.5) is 5.69 Å². The van der Waals surface area contributed by atoms with Crippen LogP contribution >= 0.6 is 0 Å². The van der Waals surface area contributed by atoms with E-state index in [1.54, 1.807) is 7.11 Å². The lowest BCUT2D eigenvalue weighted by molar-refractivity contribution is 0.415. The van der Waals surface area contributed by atoms with Crippen LogP contribution in [-0.4, -0.2) is 14.2 Å². The number of hydrogen-bond acceptors (Lipinski definition) is 2. The van der Waals surface area contributed by atoms with E-state index in [9.17, 15) is 0 Å². The minimum atomic E-state index is 0.355. The topological polar surface area (TPSA) is 12.5 Å². The van der Waals surface area contributed by atoms with Crippen LogP contribution in [0.2, 0.25) is 0 Å². The molecule has 0 saturated carbocycles. The van der Waals surface area contributed by atoms with Crippen LogP contribution < -0.4 is 9.64 Å². The molecule has 1 aliphatic heterocycles.